The highest BCUT2D eigenvalue weighted by Gasteiger charge is 2.24. The van der Waals surface area contributed by atoms with Gasteiger partial charge in [0.25, 0.3) is 0 Å². The van der Waals surface area contributed by atoms with Crippen molar-refractivity contribution in [3.8, 4) is 0 Å². The van der Waals surface area contributed by atoms with Gasteiger partial charge in [0.2, 0.25) is 11.8 Å². The fraction of sp³-hybridized carbons (Fsp3) is 0.636. The molecule has 2 amide bonds. The number of likely N-dealkylation sites (N-methyl/N-ethyl adjacent to an activating group) is 1. The third-order valence-electron chi connectivity index (χ3n) is 5.30. The van der Waals surface area contributed by atoms with Gasteiger partial charge in [-0.25, -0.2) is 0 Å². The molecule has 5 heteroatoms. The molecule has 0 spiro atoms. The van der Waals surface area contributed by atoms with Crippen molar-refractivity contribution in [1.29, 1.82) is 0 Å². The minimum absolute atomic E-state index is 0.0487. The number of benzene rings is 1. The van der Waals surface area contributed by atoms with E-state index >= 15 is 0 Å². The predicted molar refractivity (Wildman–Crippen MR) is 111 cm³/mol. The molecule has 150 valence electrons. The standard InChI is InChI=1S/C22H35N3O2/c1-22(2,3)18-11-6-7-12-19(18)23-20(26)13-14-21(27)25-15-9-8-10-17(16-25)24(4)5/h6-7,11-12,17H,8-10,13-16H2,1-5H3,(H,23,26)/t17-/m0/s1. The van der Waals surface area contributed by atoms with E-state index in [1.807, 2.05) is 29.2 Å². The van der Waals surface area contributed by atoms with Crippen molar-refractivity contribution in [3.63, 3.8) is 0 Å². The third-order valence-corrected chi connectivity index (χ3v) is 5.30. The van der Waals surface area contributed by atoms with Crippen LogP contribution in [0, 0.1) is 0 Å². The summed E-state index contributed by atoms with van der Waals surface area (Å²) in [5.74, 6) is -0.0120. The van der Waals surface area contributed by atoms with Crippen LogP contribution in [0.1, 0.15) is 58.4 Å². The Bertz CT molecular complexity index is 649. The van der Waals surface area contributed by atoms with Crippen molar-refractivity contribution in [3.05, 3.63) is 29.8 Å². The summed E-state index contributed by atoms with van der Waals surface area (Å²) in [4.78, 5) is 29.2. The molecule has 1 aliphatic heterocycles. The molecule has 27 heavy (non-hydrogen) atoms. The summed E-state index contributed by atoms with van der Waals surface area (Å²) >= 11 is 0. The molecule has 1 aromatic carbocycles. The second kappa shape index (κ2) is 9.36. The van der Waals surface area contributed by atoms with E-state index in [1.165, 1.54) is 0 Å². The first-order valence-corrected chi connectivity index (χ1v) is 10.0. The first kappa shape index (κ1) is 21.4. The Labute approximate surface area is 164 Å². The summed E-state index contributed by atoms with van der Waals surface area (Å²) in [5.41, 5.74) is 1.89. The highest BCUT2D eigenvalue weighted by molar-refractivity contribution is 5.94. The van der Waals surface area contributed by atoms with Crippen LogP contribution in [0.4, 0.5) is 5.69 Å². The zero-order valence-electron chi connectivity index (χ0n) is 17.5. The molecule has 5 nitrogen and oxygen atoms in total. The Hall–Kier alpha value is -1.88. The van der Waals surface area contributed by atoms with Crippen molar-refractivity contribution < 1.29 is 9.59 Å². The summed E-state index contributed by atoms with van der Waals surface area (Å²) in [6, 6.07) is 8.29. The quantitative estimate of drug-likeness (QED) is 0.857. The van der Waals surface area contributed by atoms with Gasteiger partial charge in [0, 0.05) is 37.7 Å². The van der Waals surface area contributed by atoms with Crippen LogP contribution in [0.15, 0.2) is 24.3 Å². The van der Waals surface area contributed by atoms with Gasteiger partial charge in [-0.3, -0.25) is 9.59 Å². The molecule has 0 bridgehead atoms. The Morgan fingerprint density at radius 1 is 1.15 bits per heavy atom. The fourth-order valence-corrected chi connectivity index (χ4v) is 3.61. The van der Waals surface area contributed by atoms with Crippen LogP contribution >= 0.6 is 0 Å². The molecular weight excluding hydrogens is 338 g/mol. The largest absolute Gasteiger partial charge is 0.341 e. The van der Waals surface area contributed by atoms with Gasteiger partial charge >= 0.3 is 0 Å². The number of nitrogens with one attached hydrogen (secondary N) is 1. The first-order valence-electron chi connectivity index (χ1n) is 10.0. The molecule has 2 rings (SSSR count). The molecule has 1 saturated heterocycles. The van der Waals surface area contributed by atoms with E-state index < -0.39 is 0 Å². The predicted octanol–water partition coefficient (Wildman–Crippen LogP) is 3.65. The molecule has 0 aliphatic carbocycles. The fourth-order valence-electron chi connectivity index (χ4n) is 3.61. The summed E-state index contributed by atoms with van der Waals surface area (Å²) in [6.07, 6.45) is 3.81. The summed E-state index contributed by atoms with van der Waals surface area (Å²) in [6.45, 7) is 7.95. The van der Waals surface area contributed by atoms with Gasteiger partial charge in [0.15, 0.2) is 0 Å². The maximum Gasteiger partial charge on any atom is 0.224 e. The molecule has 1 aromatic rings. The topological polar surface area (TPSA) is 52.7 Å². The smallest absolute Gasteiger partial charge is 0.224 e. The number of likely N-dealkylation sites (tertiary alicyclic amines) is 1. The van der Waals surface area contributed by atoms with Crippen molar-refractivity contribution >= 4 is 17.5 Å². The number of anilines is 1. The van der Waals surface area contributed by atoms with Crippen LogP contribution < -0.4 is 5.32 Å². The molecule has 1 fully saturated rings. The number of rotatable bonds is 5. The van der Waals surface area contributed by atoms with Crippen LogP contribution in [-0.2, 0) is 15.0 Å². The highest BCUT2D eigenvalue weighted by atomic mass is 16.2. The van der Waals surface area contributed by atoms with Gasteiger partial charge in [-0.15, -0.1) is 0 Å². The minimum atomic E-state index is -0.0981. The van der Waals surface area contributed by atoms with Gasteiger partial charge in [-0.05, 0) is 44.0 Å². The monoisotopic (exact) mass is 373 g/mol. The Morgan fingerprint density at radius 2 is 1.85 bits per heavy atom. The molecule has 0 unspecified atom stereocenters. The highest BCUT2D eigenvalue weighted by Crippen LogP contribution is 2.29. The summed E-state index contributed by atoms with van der Waals surface area (Å²) < 4.78 is 0. The third kappa shape index (κ3) is 6.35. The van der Waals surface area contributed by atoms with E-state index in [4.69, 9.17) is 0 Å². The van der Waals surface area contributed by atoms with Crippen LogP contribution in [0.5, 0.6) is 0 Å². The first-order chi connectivity index (χ1) is 12.7. The van der Waals surface area contributed by atoms with E-state index in [-0.39, 0.29) is 30.1 Å². The lowest BCUT2D eigenvalue weighted by molar-refractivity contribution is -0.133. The normalized spacial score (nSPS) is 18.3. The Morgan fingerprint density at radius 3 is 2.52 bits per heavy atom. The number of hydrogen-bond acceptors (Lipinski definition) is 3. The number of hydrogen-bond donors (Lipinski definition) is 1. The van der Waals surface area contributed by atoms with E-state index in [9.17, 15) is 9.59 Å². The molecular formula is C22H35N3O2. The van der Waals surface area contributed by atoms with Crippen LogP contribution in [-0.4, -0.2) is 54.8 Å². The summed E-state index contributed by atoms with van der Waals surface area (Å²) in [5, 5.41) is 3.00. The van der Waals surface area contributed by atoms with Crippen LogP contribution in [0.25, 0.3) is 0 Å². The Balaban J connectivity index is 1.91. The van der Waals surface area contributed by atoms with Gasteiger partial charge in [0.1, 0.15) is 0 Å². The zero-order chi connectivity index (χ0) is 20.0. The van der Waals surface area contributed by atoms with Gasteiger partial charge in [0.05, 0.1) is 0 Å². The number of para-hydroxylation sites is 1. The number of nitrogens with zero attached hydrogens (tertiary/aromatic N) is 2. The molecule has 0 saturated carbocycles. The lowest BCUT2D eigenvalue weighted by atomic mass is 9.86. The Kier molecular flexibility index (Phi) is 7.42. The second-order valence-electron chi connectivity index (χ2n) is 8.80. The molecule has 1 N–H and O–H groups in total. The molecule has 0 radical (unpaired) electrons. The minimum Gasteiger partial charge on any atom is -0.341 e. The lowest BCUT2D eigenvalue weighted by Crippen LogP contribution is -2.42. The SMILES string of the molecule is CN(C)[C@H]1CCCCN(C(=O)CCC(=O)Nc2ccccc2C(C)(C)C)C1. The molecule has 1 atom stereocenters. The van der Waals surface area contributed by atoms with E-state index in [1.54, 1.807) is 0 Å². The lowest BCUT2D eigenvalue weighted by Gasteiger charge is -2.28. The van der Waals surface area contributed by atoms with E-state index in [2.05, 4.69) is 45.1 Å². The van der Waals surface area contributed by atoms with Gasteiger partial charge in [-0.2, -0.15) is 0 Å². The van der Waals surface area contributed by atoms with Crippen molar-refractivity contribution in [1.82, 2.24) is 9.80 Å². The van der Waals surface area contributed by atoms with Crippen molar-refractivity contribution in [2.24, 2.45) is 0 Å². The van der Waals surface area contributed by atoms with Gasteiger partial charge < -0.3 is 15.1 Å². The maximum absolute atomic E-state index is 12.6. The van der Waals surface area contributed by atoms with Crippen LogP contribution in [0.3, 0.4) is 0 Å². The van der Waals surface area contributed by atoms with Crippen molar-refractivity contribution in [2.45, 2.75) is 64.3 Å². The number of carbonyl (C=O) groups excluding carboxylic acids is 2. The van der Waals surface area contributed by atoms with Crippen LogP contribution in [0.2, 0.25) is 0 Å². The maximum atomic E-state index is 12.6. The van der Waals surface area contributed by atoms with Crippen molar-refractivity contribution in [2.75, 3.05) is 32.5 Å². The van der Waals surface area contributed by atoms with Gasteiger partial charge in [-0.1, -0.05) is 45.4 Å². The number of carbonyl (C=O) groups is 2. The molecule has 0 aromatic heterocycles. The average Bonchev–Trinajstić information content (AvgIpc) is 2.85. The van der Waals surface area contributed by atoms with E-state index in [0.29, 0.717) is 6.04 Å². The average molecular weight is 374 g/mol. The summed E-state index contributed by atoms with van der Waals surface area (Å²) in [7, 11) is 4.14. The second-order valence-corrected chi connectivity index (χ2v) is 8.80. The molecule has 1 aliphatic rings. The molecule has 1 heterocycles. The van der Waals surface area contributed by atoms with E-state index in [0.717, 1.165) is 43.6 Å². The number of amides is 2. The zero-order valence-corrected chi connectivity index (χ0v) is 17.5.